The number of rotatable bonds is 6. The monoisotopic (exact) mass is 264 g/mol. The number of hydrogen-bond acceptors (Lipinski definition) is 3. The molecule has 0 radical (unpaired) electrons. The fourth-order valence-corrected chi connectivity index (χ4v) is 2.20. The molecule has 0 aromatic carbocycles. The molecule has 1 rings (SSSR count). The summed E-state index contributed by atoms with van der Waals surface area (Å²) in [7, 11) is 0. The fourth-order valence-electron chi connectivity index (χ4n) is 2.20. The van der Waals surface area contributed by atoms with Crippen LogP contribution in [0, 0.1) is 5.92 Å². The van der Waals surface area contributed by atoms with Crippen molar-refractivity contribution >= 4 is 5.91 Å². The normalized spacial score (nSPS) is 24.6. The number of carbonyl (C=O) groups is 1. The quantitative estimate of drug-likeness (QED) is 0.734. The van der Waals surface area contributed by atoms with Crippen LogP contribution in [0.5, 0.6) is 0 Å². The van der Waals surface area contributed by atoms with Gasteiger partial charge in [-0.15, -0.1) is 0 Å². The molecule has 1 aliphatic heterocycles. The lowest BCUT2D eigenvalue weighted by Gasteiger charge is -2.37. The molecule has 2 atom stereocenters. The van der Waals surface area contributed by atoms with Gasteiger partial charge in [0.25, 0.3) is 6.43 Å². The number of likely N-dealkylation sites (tertiary alicyclic amines) is 1. The third kappa shape index (κ3) is 4.86. The van der Waals surface area contributed by atoms with Gasteiger partial charge in [-0.05, 0) is 32.2 Å². The fraction of sp³-hybridized carbons (Fsp3) is 0.917. The van der Waals surface area contributed by atoms with Gasteiger partial charge in [0.1, 0.15) is 6.61 Å². The molecule has 0 aliphatic carbocycles. The highest BCUT2D eigenvalue weighted by molar-refractivity contribution is 5.76. The van der Waals surface area contributed by atoms with Crippen molar-refractivity contribution in [1.82, 2.24) is 4.90 Å². The van der Waals surface area contributed by atoms with E-state index in [-0.39, 0.29) is 25.0 Å². The Balaban J connectivity index is 2.30. The number of halogens is 2. The lowest BCUT2D eigenvalue weighted by atomic mass is 9.93. The van der Waals surface area contributed by atoms with Gasteiger partial charge in [0.05, 0.1) is 13.0 Å². The zero-order chi connectivity index (χ0) is 13.5. The first kappa shape index (κ1) is 15.3. The molecule has 2 N–H and O–H groups in total. The van der Waals surface area contributed by atoms with Crippen LogP contribution >= 0.6 is 0 Å². The van der Waals surface area contributed by atoms with Crippen LogP contribution < -0.4 is 5.73 Å². The second kappa shape index (κ2) is 7.63. The van der Waals surface area contributed by atoms with E-state index in [2.05, 4.69) is 0 Å². The molecule has 6 heteroatoms. The minimum atomic E-state index is -2.48. The lowest BCUT2D eigenvalue weighted by Crippen LogP contribution is -2.47. The van der Waals surface area contributed by atoms with Crippen molar-refractivity contribution in [3.8, 4) is 0 Å². The van der Waals surface area contributed by atoms with Crippen molar-refractivity contribution in [3.63, 3.8) is 0 Å². The Morgan fingerprint density at radius 2 is 2.22 bits per heavy atom. The van der Waals surface area contributed by atoms with Crippen LogP contribution in [0.15, 0.2) is 0 Å². The Bertz CT molecular complexity index is 264. The number of amides is 1. The first-order valence-electron chi connectivity index (χ1n) is 6.40. The summed E-state index contributed by atoms with van der Waals surface area (Å²) in [5.74, 6) is 0.321. The van der Waals surface area contributed by atoms with Gasteiger partial charge < -0.3 is 15.4 Å². The molecule has 1 saturated heterocycles. The van der Waals surface area contributed by atoms with E-state index in [9.17, 15) is 13.6 Å². The predicted molar refractivity (Wildman–Crippen MR) is 64.4 cm³/mol. The first-order chi connectivity index (χ1) is 8.54. The molecule has 18 heavy (non-hydrogen) atoms. The summed E-state index contributed by atoms with van der Waals surface area (Å²) < 4.78 is 28.4. The minimum Gasteiger partial charge on any atom is -0.375 e. The largest absolute Gasteiger partial charge is 0.375 e. The Hall–Kier alpha value is -0.750. The summed E-state index contributed by atoms with van der Waals surface area (Å²) in [6, 6.07) is 0.204. The predicted octanol–water partition coefficient (Wildman–Crippen LogP) is 1.24. The lowest BCUT2D eigenvalue weighted by molar-refractivity contribution is -0.137. The number of nitrogens with zero attached hydrogens (tertiary/aromatic N) is 1. The molecule has 4 nitrogen and oxygen atoms in total. The van der Waals surface area contributed by atoms with Gasteiger partial charge in [-0.1, -0.05) is 0 Å². The van der Waals surface area contributed by atoms with Crippen LogP contribution in [0.25, 0.3) is 0 Å². The number of nitrogens with two attached hydrogens (primary N) is 1. The van der Waals surface area contributed by atoms with Crippen molar-refractivity contribution in [2.24, 2.45) is 11.7 Å². The third-order valence-electron chi connectivity index (χ3n) is 3.34. The van der Waals surface area contributed by atoms with E-state index in [1.54, 1.807) is 4.90 Å². The van der Waals surface area contributed by atoms with Gasteiger partial charge in [-0.3, -0.25) is 4.79 Å². The molecule has 2 unspecified atom stereocenters. The zero-order valence-corrected chi connectivity index (χ0v) is 10.8. The zero-order valence-electron chi connectivity index (χ0n) is 10.8. The van der Waals surface area contributed by atoms with Crippen LogP contribution in [0.3, 0.4) is 0 Å². The smallest absolute Gasteiger partial charge is 0.261 e. The molecular weight excluding hydrogens is 242 g/mol. The topological polar surface area (TPSA) is 55.6 Å². The highest BCUT2D eigenvalue weighted by Crippen LogP contribution is 2.21. The van der Waals surface area contributed by atoms with Crippen LogP contribution in [-0.4, -0.2) is 49.6 Å². The highest BCUT2D eigenvalue weighted by atomic mass is 19.3. The van der Waals surface area contributed by atoms with E-state index < -0.39 is 13.0 Å². The van der Waals surface area contributed by atoms with Gasteiger partial charge in [0, 0.05) is 12.6 Å². The maximum Gasteiger partial charge on any atom is 0.261 e. The number of piperidine rings is 1. The van der Waals surface area contributed by atoms with Crippen molar-refractivity contribution in [3.05, 3.63) is 0 Å². The Kier molecular flexibility index (Phi) is 6.49. The molecule has 0 aromatic heterocycles. The van der Waals surface area contributed by atoms with E-state index in [0.717, 1.165) is 12.8 Å². The average molecular weight is 264 g/mol. The van der Waals surface area contributed by atoms with E-state index in [0.29, 0.717) is 19.0 Å². The van der Waals surface area contributed by atoms with Crippen molar-refractivity contribution in [2.75, 3.05) is 26.3 Å². The minimum absolute atomic E-state index is 0.0325. The number of ether oxygens (including phenoxy) is 1. The van der Waals surface area contributed by atoms with Crippen LogP contribution in [0.4, 0.5) is 8.78 Å². The molecule has 1 aliphatic rings. The van der Waals surface area contributed by atoms with E-state index in [4.69, 9.17) is 10.5 Å². The van der Waals surface area contributed by atoms with Crippen LogP contribution in [0.1, 0.15) is 26.2 Å². The molecule has 0 spiro atoms. The number of hydrogen-bond donors (Lipinski definition) is 1. The van der Waals surface area contributed by atoms with E-state index in [1.165, 1.54) is 0 Å². The highest BCUT2D eigenvalue weighted by Gasteiger charge is 2.27. The summed E-state index contributed by atoms with van der Waals surface area (Å²) in [6.45, 7) is 2.71. The Labute approximate surface area is 106 Å². The SMILES string of the molecule is CC1CCC(CN)CN1C(=O)CCOCC(F)F. The molecule has 0 bridgehead atoms. The molecule has 1 fully saturated rings. The van der Waals surface area contributed by atoms with Crippen LogP contribution in [0.2, 0.25) is 0 Å². The number of alkyl halides is 2. The Morgan fingerprint density at radius 3 is 2.83 bits per heavy atom. The summed E-state index contributed by atoms with van der Waals surface area (Å²) in [6.07, 6.45) is -0.320. The van der Waals surface area contributed by atoms with Crippen molar-refractivity contribution in [2.45, 2.75) is 38.7 Å². The standard InChI is InChI=1S/C12H22F2N2O2/c1-9-2-3-10(6-15)7-16(9)12(17)4-5-18-8-11(13)14/h9-11H,2-8,15H2,1H3. The van der Waals surface area contributed by atoms with E-state index in [1.807, 2.05) is 6.92 Å². The van der Waals surface area contributed by atoms with E-state index >= 15 is 0 Å². The van der Waals surface area contributed by atoms with Crippen molar-refractivity contribution < 1.29 is 18.3 Å². The number of carbonyl (C=O) groups excluding carboxylic acids is 1. The average Bonchev–Trinajstić information content (AvgIpc) is 2.34. The van der Waals surface area contributed by atoms with Crippen LogP contribution in [-0.2, 0) is 9.53 Å². The molecule has 106 valence electrons. The van der Waals surface area contributed by atoms with Gasteiger partial charge in [0.15, 0.2) is 0 Å². The molecular formula is C12H22F2N2O2. The third-order valence-corrected chi connectivity index (χ3v) is 3.34. The maximum atomic E-state index is 11.9. The summed E-state index contributed by atoms with van der Waals surface area (Å²) in [4.78, 5) is 13.7. The van der Waals surface area contributed by atoms with Gasteiger partial charge >= 0.3 is 0 Å². The molecule has 0 aromatic rings. The van der Waals surface area contributed by atoms with Gasteiger partial charge in [0.2, 0.25) is 5.91 Å². The molecule has 0 saturated carbocycles. The first-order valence-corrected chi connectivity index (χ1v) is 6.40. The summed E-state index contributed by atoms with van der Waals surface area (Å²) in [5.41, 5.74) is 5.62. The molecule has 1 amide bonds. The molecule has 1 heterocycles. The Morgan fingerprint density at radius 1 is 1.50 bits per heavy atom. The second-order valence-electron chi connectivity index (χ2n) is 4.79. The van der Waals surface area contributed by atoms with Crippen molar-refractivity contribution in [1.29, 1.82) is 0 Å². The second-order valence-corrected chi connectivity index (χ2v) is 4.79. The summed E-state index contributed by atoms with van der Waals surface area (Å²) >= 11 is 0. The van der Waals surface area contributed by atoms with Gasteiger partial charge in [-0.25, -0.2) is 8.78 Å². The van der Waals surface area contributed by atoms with Gasteiger partial charge in [-0.2, -0.15) is 0 Å². The summed E-state index contributed by atoms with van der Waals surface area (Å²) in [5, 5.41) is 0. The maximum absolute atomic E-state index is 11.9.